The van der Waals surface area contributed by atoms with E-state index >= 15 is 0 Å². The minimum absolute atomic E-state index is 0.901. The second-order valence-electron chi connectivity index (χ2n) is 9.04. The predicted molar refractivity (Wildman–Crippen MR) is 154 cm³/mol. The van der Waals surface area contributed by atoms with Crippen LogP contribution >= 0.6 is 11.8 Å². The molecule has 0 aliphatic rings. The third kappa shape index (κ3) is 3.35. The Bertz CT molecular complexity index is 1890. The molecule has 0 fully saturated rings. The van der Waals surface area contributed by atoms with Gasteiger partial charge < -0.3 is 9.40 Å². The first-order valence-corrected chi connectivity index (χ1v) is 13.3. The van der Waals surface area contributed by atoms with Gasteiger partial charge in [0, 0.05) is 39.4 Å². The highest BCUT2D eigenvalue weighted by Gasteiger charge is 2.25. The molecule has 2 nitrogen and oxygen atoms in total. The van der Waals surface area contributed by atoms with Gasteiger partial charge in [0.1, 0.15) is 11.5 Å². The molecule has 0 saturated carbocycles. The van der Waals surface area contributed by atoms with Gasteiger partial charge in [0.25, 0.3) is 0 Å². The number of furan rings is 1. The van der Waals surface area contributed by atoms with E-state index in [2.05, 4.69) is 127 Å². The van der Waals surface area contributed by atoms with Crippen molar-refractivity contribution in [2.24, 2.45) is 0 Å². The molecule has 172 valence electrons. The van der Waals surface area contributed by atoms with Gasteiger partial charge >= 0.3 is 0 Å². The van der Waals surface area contributed by atoms with Crippen molar-refractivity contribution in [3.05, 3.63) is 115 Å². The Labute approximate surface area is 213 Å². The average Bonchev–Trinajstić information content (AvgIpc) is 3.54. The van der Waals surface area contributed by atoms with Crippen molar-refractivity contribution in [2.75, 3.05) is 6.26 Å². The van der Waals surface area contributed by atoms with Gasteiger partial charge in [-0.2, -0.15) is 0 Å². The fraction of sp³-hybridized carbons (Fsp3) is 0.0303. The zero-order valence-corrected chi connectivity index (χ0v) is 20.6. The number of fused-ring (bicyclic) bond motifs is 3. The van der Waals surface area contributed by atoms with E-state index in [4.69, 9.17) is 4.42 Å². The number of thioether (sulfide) groups is 1. The average molecular weight is 482 g/mol. The van der Waals surface area contributed by atoms with Gasteiger partial charge in [-0.3, -0.25) is 0 Å². The summed E-state index contributed by atoms with van der Waals surface area (Å²) in [6.45, 7) is 0. The van der Waals surface area contributed by atoms with E-state index in [1.165, 1.54) is 26.9 Å². The summed E-state index contributed by atoms with van der Waals surface area (Å²) < 4.78 is 6.84. The minimum Gasteiger partial charge on any atom is -0.454 e. The molecule has 5 aromatic carbocycles. The van der Waals surface area contributed by atoms with E-state index in [1.807, 2.05) is 0 Å². The van der Waals surface area contributed by atoms with Crippen molar-refractivity contribution in [2.45, 2.75) is 4.90 Å². The van der Waals surface area contributed by atoms with Crippen LogP contribution in [0.4, 0.5) is 0 Å². The lowest BCUT2D eigenvalue weighted by molar-refractivity contribution is 0.593. The molecule has 0 aliphatic heterocycles. The molecule has 7 aromatic rings. The minimum atomic E-state index is 0.901. The molecule has 2 heterocycles. The van der Waals surface area contributed by atoms with Crippen LogP contribution in [0, 0.1) is 0 Å². The van der Waals surface area contributed by atoms with Gasteiger partial charge in [-0.1, -0.05) is 91.0 Å². The zero-order chi connectivity index (χ0) is 24.1. The molecule has 0 saturated heterocycles. The van der Waals surface area contributed by atoms with E-state index in [0.29, 0.717) is 0 Å². The lowest BCUT2D eigenvalue weighted by Gasteiger charge is -2.06. The van der Waals surface area contributed by atoms with Crippen LogP contribution in [0.15, 0.2) is 125 Å². The molecule has 36 heavy (non-hydrogen) atoms. The molecular formula is C33H23NOS. The van der Waals surface area contributed by atoms with E-state index in [1.54, 1.807) is 11.8 Å². The third-order valence-electron chi connectivity index (χ3n) is 6.95. The smallest absolute Gasteiger partial charge is 0.149 e. The maximum Gasteiger partial charge on any atom is 0.149 e. The largest absolute Gasteiger partial charge is 0.454 e. The second-order valence-corrected chi connectivity index (χ2v) is 9.86. The summed E-state index contributed by atoms with van der Waals surface area (Å²) >= 11 is 1.74. The number of rotatable bonds is 4. The van der Waals surface area contributed by atoms with Gasteiger partial charge in [-0.15, -0.1) is 11.8 Å². The van der Waals surface area contributed by atoms with Crippen molar-refractivity contribution in [3.63, 3.8) is 0 Å². The zero-order valence-electron chi connectivity index (χ0n) is 19.8. The normalized spacial score (nSPS) is 11.6. The number of benzene rings is 5. The lowest BCUT2D eigenvalue weighted by atomic mass is 9.98. The van der Waals surface area contributed by atoms with Gasteiger partial charge in [-0.05, 0) is 46.0 Å². The van der Waals surface area contributed by atoms with Crippen molar-refractivity contribution in [3.8, 4) is 33.8 Å². The molecule has 0 aliphatic carbocycles. The first kappa shape index (κ1) is 21.1. The van der Waals surface area contributed by atoms with Crippen LogP contribution in [0.3, 0.4) is 0 Å². The Hall–Kier alpha value is -4.21. The Morgan fingerprint density at radius 1 is 0.611 bits per heavy atom. The molecular weight excluding hydrogens is 458 g/mol. The molecule has 0 unspecified atom stereocenters. The number of H-pyrrole nitrogens is 1. The molecule has 0 bridgehead atoms. The fourth-order valence-electron chi connectivity index (χ4n) is 5.19. The molecule has 3 heteroatoms. The van der Waals surface area contributed by atoms with Crippen molar-refractivity contribution < 1.29 is 4.42 Å². The van der Waals surface area contributed by atoms with Gasteiger partial charge in [-0.25, -0.2) is 0 Å². The van der Waals surface area contributed by atoms with Crippen molar-refractivity contribution >= 4 is 44.2 Å². The van der Waals surface area contributed by atoms with Crippen LogP contribution in [0.2, 0.25) is 0 Å². The van der Waals surface area contributed by atoms with E-state index in [9.17, 15) is 0 Å². The van der Waals surface area contributed by atoms with E-state index in [0.717, 1.165) is 44.2 Å². The highest BCUT2D eigenvalue weighted by atomic mass is 32.2. The lowest BCUT2D eigenvalue weighted by Crippen LogP contribution is -1.83. The molecule has 7 rings (SSSR count). The molecule has 0 amide bonds. The first-order valence-electron chi connectivity index (χ1n) is 12.1. The maximum atomic E-state index is 6.84. The molecule has 0 radical (unpaired) electrons. The Morgan fingerprint density at radius 2 is 1.19 bits per heavy atom. The molecule has 0 atom stereocenters. The van der Waals surface area contributed by atoms with Gasteiger partial charge in [0.15, 0.2) is 0 Å². The van der Waals surface area contributed by atoms with Crippen molar-refractivity contribution in [1.29, 1.82) is 0 Å². The maximum absolute atomic E-state index is 6.84. The number of hydrogen-bond donors (Lipinski definition) is 1. The van der Waals surface area contributed by atoms with Crippen LogP contribution in [0.1, 0.15) is 0 Å². The quantitative estimate of drug-likeness (QED) is 0.253. The number of nitrogens with one attached hydrogen (secondary N) is 1. The summed E-state index contributed by atoms with van der Waals surface area (Å²) in [6.07, 6.45) is 4.25. The Kier molecular flexibility index (Phi) is 4.97. The summed E-state index contributed by atoms with van der Waals surface area (Å²) in [4.78, 5) is 4.62. The van der Waals surface area contributed by atoms with Gasteiger partial charge in [0.05, 0.1) is 4.90 Å². The summed E-state index contributed by atoms with van der Waals surface area (Å²) in [5.74, 6) is 1.81. The standard InChI is InChI=1S/C33H23NOS/c1-36-33-30(28-20-34-29-13-7-6-12-27(28)29)31(25-16-14-21-8-2-4-10-23(21)18-25)35-32(33)26-17-15-22-9-3-5-11-24(22)19-26/h2-20,34H,1H3. The second kappa shape index (κ2) is 8.47. The Balaban J connectivity index is 1.53. The van der Waals surface area contributed by atoms with Crippen LogP contribution in [-0.4, -0.2) is 11.2 Å². The van der Waals surface area contributed by atoms with Gasteiger partial charge in [0.2, 0.25) is 0 Å². The highest BCUT2D eigenvalue weighted by Crippen LogP contribution is 2.49. The molecule has 0 spiro atoms. The number of hydrogen-bond acceptors (Lipinski definition) is 2. The first-order chi connectivity index (χ1) is 17.8. The topological polar surface area (TPSA) is 28.9 Å². The van der Waals surface area contributed by atoms with Crippen LogP contribution < -0.4 is 0 Å². The number of aromatic nitrogens is 1. The number of para-hydroxylation sites is 1. The molecule has 1 N–H and O–H groups in total. The summed E-state index contributed by atoms with van der Waals surface area (Å²) in [7, 11) is 0. The summed E-state index contributed by atoms with van der Waals surface area (Å²) in [5, 5.41) is 6.06. The van der Waals surface area contributed by atoms with Crippen LogP contribution in [0.25, 0.3) is 66.2 Å². The van der Waals surface area contributed by atoms with E-state index in [-0.39, 0.29) is 0 Å². The summed E-state index contributed by atoms with van der Waals surface area (Å²) in [5.41, 5.74) is 5.59. The highest BCUT2D eigenvalue weighted by molar-refractivity contribution is 7.98. The molecule has 2 aromatic heterocycles. The van der Waals surface area contributed by atoms with Crippen LogP contribution in [-0.2, 0) is 0 Å². The number of aromatic amines is 1. The third-order valence-corrected chi connectivity index (χ3v) is 7.75. The SMILES string of the molecule is CSc1c(-c2ccc3ccccc3c2)oc(-c2ccc3ccccc3c2)c1-c1c[nH]c2ccccc12. The predicted octanol–water partition coefficient (Wildman–Crippen LogP) is 9.79. The monoisotopic (exact) mass is 481 g/mol. The Morgan fingerprint density at radius 3 is 1.86 bits per heavy atom. The van der Waals surface area contributed by atoms with E-state index < -0.39 is 0 Å². The van der Waals surface area contributed by atoms with Crippen molar-refractivity contribution in [1.82, 2.24) is 4.98 Å². The fourth-order valence-corrected chi connectivity index (χ4v) is 5.94. The van der Waals surface area contributed by atoms with Crippen LogP contribution in [0.5, 0.6) is 0 Å². The summed E-state index contributed by atoms with van der Waals surface area (Å²) in [6, 6.07) is 38.6.